The summed E-state index contributed by atoms with van der Waals surface area (Å²) in [5, 5.41) is 16.7. The number of allylic oxidation sites excluding steroid dienone is 1. The molecule has 0 saturated heterocycles. The Balaban J connectivity index is 2.41. The van der Waals surface area contributed by atoms with E-state index in [4.69, 9.17) is 28.6 Å². The second kappa shape index (κ2) is 10.6. The van der Waals surface area contributed by atoms with Crippen molar-refractivity contribution < 1.29 is 9.59 Å². The SMILES string of the molecule is Cc1cc(Cl)cc(C(=O)NC(C)C)c1NC(=O)/C(=C/C(=N)Br)Nc1ncccc1Cl. The number of nitrogens with zero attached hydrogens (tertiary/aromatic N) is 1. The van der Waals surface area contributed by atoms with Gasteiger partial charge in [0, 0.05) is 17.3 Å². The molecule has 0 spiro atoms. The van der Waals surface area contributed by atoms with E-state index >= 15 is 0 Å². The molecule has 0 aliphatic carbocycles. The molecule has 1 aromatic heterocycles. The van der Waals surface area contributed by atoms with Crippen molar-refractivity contribution in [3.05, 3.63) is 63.4 Å². The van der Waals surface area contributed by atoms with E-state index in [1.165, 1.54) is 18.3 Å². The van der Waals surface area contributed by atoms with Crippen molar-refractivity contribution in [2.75, 3.05) is 10.6 Å². The van der Waals surface area contributed by atoms with Crippen molar-refractivity contribution in [1.29, 1.82) is 5.41 Å². The standard InChI is InChI=1S/C20H20BrCl2N5O2/c1-10(2)26-19(29)13-8-12(22)7-11(3)17(13)28-20(30)15(9-16(21)24)27-18-14(23)5-4-6-25-18/h4-10,24H,1-3H3,(H,25,27)(H,26,29)(H,28,30)/b15-9-,24-16?. The molecular formula is C20H20BrCl2N5O2. The molecule has 0 atom stereocenters. The highest BCUT2D eigenvalue weighted by atomic mass is 79.9. The molecule has 2 rings (SSSR count). The Morgan fingerprint density at radius 2 is 1.93 bits per heavy atom. The lowest BCUT2D eigenvalue weighted by Gasteiger charge is -2.17. The highest BCUT2D eigenvalue weighted by Gasteiger charge is 2.20. The van der Waals surface area contributed by atoms with Crippen molar-refractivity contribution in [2.45, 2.75) is 26.8 Å². The van der Waals surface area contributed by atoms with Gasteiger partial charge in [0.15, 0.2) is 0 Å². The molecule has 0 unspecified atom stereocenters. The van der Waals surface area contributed by atoms with Crippen molar-refractivity contribution in [2.24, 2.45) is 0 Å². The maximum Gasteiger partial charge on any atom is 0.272 e. The van der Waals surface area contributed by atoms with Crippen LogP contribution in [0.15, 0.2) is 42.2 Å². The Morgan fingerprint density at radius 1 is 1.23 bits per heavy atom. The van der Waals surface area contributed by atoms with E-state index < -0.39 is 5.91 Å². The minimum Gasteiger partial charge on any atom is -0.350 e. The van der Waals surface area contributed by atoms with Gasteiger partial charge < -0.3 is 16.0 Å². The average molecular weight is 513 g/mol. The summed E-state index contributed by atoms with van der Waals surface area (Å²) in [6, 6.07) is 6.30. The minimum atomic E-state index is -0.593. The first-order valence-corrected chi connectivity index (χ1v) is 10.4. The monoisotopic (exact) mass is 511 g/mol. The summed E-state index contributed by atoms with van der Waals surface area (Å²) in [7, 11) is 0. The lowest BCUT2D eigenvalue weighted by atomic mass is 10.1. The van der Waals surface area contributed by atoms with Gasteiger partial charge in [-0.05, 0) is 72.6 Å². The Morgan fingerprint density at radius 3 is 2.53 bits per heavy atom. The Labute approximate surface area is 192 Å². The third kappa shape index (κ3) is 6.55. The largest absolute Gasteiger partial charge is 0.350 e. The van der Waals surface area contributed by atoms with E-state index in [1.807, 2.05) is 13.8 Å². The predicted octanol–water partition coefficient (Wildman–Crippen LogP) is 5.14. The van der Waals surface area contributed by atoms with Gasteiger partial charge in [-0.25, -0.2) is 4.98 Å². The summed E-state index contributed by atoms with van der Waals surface area (Å²) in [5.41, 5.74) is 1.14. The fraction of sp³-hybridized carbons (Fsp3) is 0.200. The molecular weight excluding hydrogens is 493 g/mol. The molecule has 0 radical (unpaired) electrons. The molecule has 0 saturated carbocycles. The van der Waals surface area contributed by atoms with Gasteiger partial charge in [0.2, 0.25) is 0 Å². The van der Waals surface area contributed by atoms with Gasteiger partial charge in [0.25, 0.3) is 11.8 Å². The minimum absolute atomic E-state index is 0.00189. The summed E-state index contributed by atoms with van der Waals surface area (Å²) in [4.78, 5) is 29.7. The zero-order valence-electron chi connectivity index (χ0n) is 16.4. The molecule has 0 bridgehead atoms. The summed E-state index contributed by atoms with van der Waals surface area (Å²) < 4.78 is -0.0437. The van der Waals surface area contributed by atoms with E-state index in [9.17, 15) is 9.59 Å². The molecule has 1 aromatic carbocycles. The normalized spacial score (nSPS) is 11.2. The maximum atomic E-state index is 13.0. The van der Waals surface area contributed by atoms with Gasteiger partial charge in [-0.3, -0.25) is 15.0 Å². The fourth-order valence-electron chi connectivity index (χ4n) is 2.50. The lowest BCUT2D eigenvalue weighted by Crippen LogP contribution is -2.31. The number of nitrogens with one attached hydrogen (secondary N) is 4. The van der Waals surface area contributed by atoms with Crippen LogP contribution in [0.4, 0.5) is 11.5 Å². The molecule has 0 fully saturated rings. The van der Waals surface area contributed by atoms with Gasteiger partial charge in [0.05, 0.1) is 20.9 Å². The van der Waals surface area contributed by atoms with Crippen LogP contribution in [0.1, 0.15) is 29.8 Å². The highest BCUT2D eigenvalue weighted by Crippen LogP contribution is 2.27. The van der Waals surface area contributed by atoms with Gasteiger partial charge >= 0.3 is 0 Å². The second-order valence-corrected chi connectivity index (χ2v) is 8.29. The number of amides is 2. The first-order valence-electron chi connectivity index (χ1n) is 8.84. The van der Waals surface area contributed by atoms with Crippen LogP contribution in [-0.2, 0) is 4.79 Å². The van der Waals surface area contributed by atoms with Gasteiger partial charge in [-0.1, -0.05) is 23.2 Å². The number of hydrogen-bond donors (Lipinski definition) is 4. The molecule has 10 heteroatoms. The topological polar surface area (TPSA) is 107 Å². The molecule has 4 N–H and O–H groups in total. The van der Waals surface area contributed by atoms with E-state index in [-0.39, 0.29) is 33.6 Å². The summed E-state index contributed by atoms with van der Waals surface area (Å²) in [5.74, 6) is -0.713. The van der Waals surface area contributed by atoms with Crippen LogP contribution in [0, 0.1) is 12.3 Å². The zero-order valence-corrected chi connectivity index (χ0v) is 19.5. The van der Waals surface area contributed by atoms with Gasteiger partial charge in [-0.15, -0.1) is 0 Å². The average Bonchev–Trinajstić information content (AvgIpc) is 2.63. The summed E-state index contributed by atoms with van der Waals surface area (Å²) >= 11 is 15.2. The molecule has 1 heterocycles. The highest BCUT2D eigenvalue weighted by molar-refractivity contribution is 9.18. The zero-order chi connectivity index (χ0) is 22.4. The number of benzene rings is 1. The van der Waals surface area contributed by atoms with Gasteiger partial charge in [-0.2, -0.15) is 0 Å². The Hall–Kier alpha value is -2.42. The number of carbonyl (C=O) groups is 2. The summed E-state index contributed by atoms with van der Waals surface area (Å²) in [6.07, 6.45) is 2.78. The van der Waals surface area contributed by atoms with E-state index in [0.717, 1.165) is 0 Å². The molecule has 0 aliphatic rings. The predicted molar refractivity (Wildman–Crippen MR) is 125 cm³/mol. The molecule has 2 amide bonds. The van der Waals surface area contributed by atoms with Crippen LogP contribution >= 0.6 is 39.1 Å². The molecule has 158 valence electrons. The van der Waals surface area contributed by atoms with Crippen LogP contribution in [-0.4, -0.2) is 27.5 Å². The molecule has 7 nitrogen and oxygen atoms in total. The third-order valence-corrected chi connectivity index (χ3v) is 4.48. The van der Waals surface area contributed by atoms with Crippen LogP contribution < -0.4 is 16.0 Å². The number of aromatic nitrogens is 1. The molecule has 2 aromatic rings. The molecule has 0 aliphatic heterocycles. The summed E-state index contributed by atoms with van der Waals surface area (Å²) in [6.45, 7) is 5.39. The first kappa shape index (κ1) is 23.9. The van der Waals surface area contributed by atoms with Gasteiger partial charge in [0.1, 0.15) is 11.5 Å². The van der Waals surface area contributed by atoms with E-state index in [2.05, 4.69) is 36.9 Å². The molecule has 30 heavy (non-hydrogen) atoms. The van der Waals surface area contributed by atoms with Crippen molar-refractivity contribution in [1.82, 2.24) is 10.3 Å². The van der Waals surface area contributed by atoms with Crippen LogP contribution in [0.25, 0.3) is 0 Å². The smallest absolute Gasteiger partial charge is 0.272 e. The number of anilines is 2. The number of hydrogen-bond acceptors (Lipinski definition) is 5. The Kier molecular flexibility index (Phi) is 8.40. The number of aryl methyl sites for hydroxylation is 1. The van der Waals surface area contributed by atoms with E-state index in [0.29, 0.717) is 21.3 Å². The van der Waals surface area contributed by atoms with Crippen LogP contribution in [0.3, 0.4) is 0 Å². The fourth-order valence-corrected chi connectivity index (χ4v) is 3.17. The van der Waals surface area contributed by atoms with Crippen molar-refractivity contribution in [3.8, 4) is 0 Å². The lowest BCUT2D eigenvalue weighted by molar-refractivity contribution is -0.112. The van der Waals surface area contributed by atoms with Crippen molar-refractivity contribution >= 4 is 67.1 Å². The number of pyridine rings is 1. The second-order valence-electron chi connectivity index (χ2n) is 6.59. The Bertz CT molecular complexity index is 1020. The van der Waals surface area contributed by atoms with Crippen LogP contribution in [0.2, 0.25) is 10.0 Å². The van der Waals surface area contributed by atoms with Crippen molar-refractivity contribution in [3.63, 3.8) is 0 Å². The quantitative estimate of drug-likeness (QED) is 0.304. The van der Waals surface area contributed by atoms with Crippen LogP contribution in [0.5, 0.6) is 0 Å². The number of rotatable bonds is 7. The first-order chi connectivity index (χ1) is 14.1. The third-order valence-electron chi connectivity index (χ3n) is 3.73. The number of halogens is 3. The maximum absolute atomic E-state index is 13.0. The number of carbonyl (C=O) groups excluding carboxylic acids is 2. The van der Waals surface area contributed by atoms with E-state index in [1.54, 1.807) is 25.1 Å².